The zero-order valence-electron chi connectivity index (χ0n) is 8.46. The van der Waals surface area contributed by atoms with Crippen LogP contribution in [0.5, 0.6) is 0 Å². The maximum Gasteiger partial charge on any atom is 0.230 e. The predicted molar refractivity (Wildman–Crippen MR) is 59.4 cm³/mol. The summed E-state index contributed by atoms with van der Waals surface area (Å²) in [6.07, 6.45) is -1.18. The molecular formula is C8H15INO3Re-. The van der Waals surface area contributed by atoms with E-state index in [4.69, 9.17) is 9.84 Å². The zero-order valence-corrected chi connectivity index (χ0v) is 13.3. The normalized spacial score (nSPS) is 12.6. The van der Waals surface area contributed by atoms with Gasteiger partial charge in [0, 0.05) is 31.0 Å². The quantitative estimate of drug-likeness (QED) is 0.491. The van der Waals surface area contributed by atoms with Crippen molar-refractivity contribution in [2.75, 3.05) is 11.0 Å². The molecule has 1 atom stereocenters. The number of aliphatic hydroxyl groups excluding tert-OH is 1. The van der Waals surface area contributed by atoms with Crippen LogP contribution in [0.2, 0.25) is 0 Å². The summed E-state index contributed by atoms with van der Waals surface area (Å²) in [5, 5.41) is 12.7. The van der Waals surface area contributed by atoms with Crippen molar-refractivity contribution in [3.05, 3.63) is 5.32 Å². The van der Waals surface area contributed by atoms with E-state index in [1.165, 1.54) is 0 Å². The molecule has 1 radical (unpaired) electrons. The Balaban J connectivity index is 0. The fraction of sp³-hybridized carbons (Fsp3) is 0.875. The van der Waals surface area contributed by atoms with Gasteiger partial charge >= 0.3 is 0 Å². The van der Waals surface area contributed by atoms with Crippen molar-refractivity contribution in [1.29, 1.82) is 0 Å². The molecule has 1 amide bonds. The first-order valence-corrected chi connectivity index (χ1v) is 5.52. The molecule has 0 aromatic carbocycles. The fourth-order valence-electron chi connectivity index (χ4n) is 0.523. The first-order chi connectivity index (χ1) is 5.85. The second kappa shape index (κ2) is 7.86. The van der Waals surface area contributed by atoms with Crippen molar-refractivity contribution >= 4 is 28.7 Å². The smallest absolute Gasteiger partial charge is 0.230 e. The Labute approximate surface area is 112 Å². The SMILES string of the molecule is CC(C)(C)OC(=O)[N-]CC(O)CI.[Re]. The average Bonchev–Trinajstić information content (AvgIpc) is 1.97. The molecular weight excluding hydrogens is 471 g/mol. The van der Waals surface area contributed by atoms with E-state index in [1.807, 2.05) is 22.6 Å². The summed E-state index contributed by atoms with van der Waals surface area (Å²) >= 11 is 2.03. The van der Waals surface area contributed by atoms with E-state index in [9.17, 15) is 4.79 Å². The van der Waals surface area contributed by atoms with Crippen molar-refractivity contribution in [2.45, 2.75) is 32.5 Å². The topological polar surface area (TPSA) is 60.6 Å². The summed E-state index contributed by atoms with van der Waals surface area (Å²) in [7, 11) is 0. The molecule has 0 aliphatic heterocycles. The van der Waals surface area contributed by atoms with Crippen LogP contribution in [0.1, 0.15) is 20.8 Å². The summed E-state index contributed by atoms with van der Waals surface area (Å²) < 4.78 is 5.47. The number of ether oxygens (including phenoxy) is 1. The third-order valence-corrected chi connectivity index (χ3v) is 2.02. The van der Waals surface area contributed by atoms with E-state index in [0.29, 0.717) is 4.43 Å². The molecule has 0 aliphatic carbocycles. The van der Waals surface area contributed by atoms with Gasteiger partial charge in [-0.2, -0.15) is 0 Å². The Hall–Kier alpha value is 0.622. The summed E-state index contributed by atoms with van der Waals surface area (Å²) in [5.74, 6) is 0. The Bertz CT molecular complexity index is 172. The number of carbonyl (C=O) groups excluding carboxylic acids is 1. The van der Waals surface area contributed by atoms with E-state index in [0.717, 1.165) is 0 Å². The average molecular weight is 486 g/mol. The molecule has 14 heavy (non-hydrogen) atoms. The molecule has 85 valence electrons. The summed E-state index contributed by atoms with van der Waals surface area (Å²) in [4.78, 5) is 11.0. The van der Waals surface area contributed by atoms with Crippen LogP contribution in [0.3, 0.4) is 0 Å². The minimum absolute atomic E-state index is 0. The van der Waals surface area contributed by atoms with Gasteiger partial charge in [-0.1, -0.05) is 29.1 Å². The second-order valence-electron chi connectivity index (χ2n) is 3.63. The van der Waals surface area contributed by atoms with E-state index < -0.39 is 17.8 Å². The largest absolute Gasteiger partial charge is 0.615 e. The van der Waals surface area contributed by atoms with Crippen LogP contribution in [0, 0.1) is 0 Å². The number of rotatable bonds is 3. The Morgan fingerprint density at radius 1 is 1.57 bits per heavy atom. The van der Waals surface area contributed by atoms with E-state index in [2.05, 4.69) is 5.32 Å². The minimum Gasteiger partial charge on any atom is -0.615 e. The monoisotopic (exact) mass is 487 g/mol. The number of halogens is 1. The predicted octanol–water partition coefficient (Wildman–Crippen LogP) is 2.09. The van der Waals surface area contributed by atoms with Gasteiger partial charge in [0.05, 0.1) is 0 Å². The molecule has 0 heterocycles. The maximum absolute atomic E-state index is 11.0. The third kappa shape index (κ3) is 10.7. The van der Waals surface area contributed by atoms with Crippen LogP contribution in [0.4, 0.5) is 4.79 Å². The van der Waals surface area contributed by atoms with Crippen LogP contribution in [0.25, 0.3) is 5.32 Å². The van der Waals surface area contributed by atoms with E-state index in [-0.39, 0.29) is 27.0 Å². The van der Waals surface area contributed by atoms with E-state index >= 15 is 0 Å². The first kappa shape index (κ1) is 17.0. The number of aliphatic hydroxyl groups is 1. The molecule has 1 N–H and O–H groups in total. The van der Waals surface area contributed by atoms with Crippen LogP contribution >= 0.6 is 22.6 Å². The van der Waals surface area contributed by atoms with Crippen molar-refractivity contribution < 1.29 is 35.1 Å². The molecule has 0 saturated carbocycles. The summed E-state index contributed by atoms with van der Waals surface area (Å²) in [5.41, 5.74) is -0.518. The molecule has 0 saturated heterocycles. The van der Waals surface area contributed by atoms with Crippen LogP contribution in [0.15, 0.2) is 0 Å². The van der Waals surface area contributed by atoms with Gasteiger partial charge in [-0.05, 0) is 20.8 Å². The molecule has 4 nitrogen and oxygen atoms in total. The second-order valence-corrected chi connectivity index (χ2v) is 4.51. The van der Waals surface area contributed by atoms with Crippen LogP contribution < -0.4 is 0 Å². The number of amides is 1. The number of nitrogens with zero attached hydrogens (tertiary/aromatic N) is 1. The zero-order chi connectivity index (χ0) is 10.5. The van der Waals surface area contributed by atoms with Gasteiger partial charge in [-0.15, -0.1) is 0 Å². The number of hydrogen-bond acceptors (Lipinski definition) is 3. The van der Waals surface area contributed by atoms with E-state index in [1.54, 1.807) is 20.8 Å². The van der Waals surface area contributed by atoms with Gasteiger partial charge in [-0.25, -0.2) is 0 Å². The molecule has 0 bridgehead atoms. The van der Waals surface area contributed by atoms with Gasteiger partial charge < -0.3 is 15.2 Å². The van der Waals surface area contributed by atoms with Crippen LogP contribution in [-0.2, 0) is 25.2 Å². The molecule has 0 fully saturated rings. The molecule has 0 aliphatic rings. The number of alkyl halides is 1. The van der Waals surface area contributed by atoms with Crippen molar-refractivity contribution in [2.24, 2.45) is 0 Å². The maximum atomic E-state index is 11.0. The Morgan fingerprint density at radius 3 is 2.43 bits per heavy atom. The van der Waals surface area contributed by atoms with Crippen molar-refractivity contribution in [1.82, 2.24) is 0 Å². The standard InChI is InChI=1S/C8H16INO3.Re/c1-8(2,3)13-7(12)10-5-6(11)4-9;/h6,11H,4-5H2,1-3H3,(H,10,12);/p-1. The third-order valence-electron chi connectivity index (χ3n) is 1.00. The fourth-order valence-corrected chi connectivity index (χ4v) is 0.801. The molecule has 0 spiro atoms. The molecule has 0 rings (SSSR count). The molecule has 0 aromatic rings. The van der Waals surface area contributed by atoms with Crippen molar-refractivity contribution in [3.63, 3.8) is 0 Å². The van der Waals surface area contributed by atoms with Gasteiger partial charge in [0.25, 0.3) is 0 Å². The Kier molecular flexibility index (Phi) is 9.56. The number of carbonyl (C=O) groups is 1. The molecule has 6 heteroatoms. The van der Waals surface area contributed by atoms with Gasteiger partial charge in [-0.3, -0.25) is 4.79 Å². The molecule has 1 unspecified atom stereocenters. The number of hydrogen-bond donors (Lipinski definition) is 1. The summed E-state index contributed by atoms with van der Waals surface area (Å²) in [6.45, 7) is 5.43. The minimum atomic E-state index is -0.614. The first-order valence-electron chi connectivity index (χ1n) is 3.99. The van der Waals surface area contributed by atoms with Gasteiger partial charge in [0.1, 0.15) is 5.60 Å². The van der Waals surface area contributed by atoms with Crippen molar-refractivity contribution in [3.8, 4) is 0 Å². The summed E-state index contributed by atoms with van der Waals surface area (Å²) in [6, 6.07) is 0. The van der Waals surface area contributed by atoms with Gasteiger partial charge in [0.15, 0.2) is 0 Å². The van der Waals surface area contributed by atoms with Crippen LogP contribution in [-0.4, -0.2) is 33.9 Å². The molecule has 0 aromatic heterocycles. The van der Waals surface area contributed by atoms with Gasteiger partial charge in [0.2, 0.25) is 6.09 Å². The Morgan fingerprint density at radius 2 is 2.07 bits per heavy atom.